The van der Waals surface area contributed by atoms with Gasteiger partial charge in [0.1, 0.15) is 12.1 Å². The van der Waals surface area contributed by atoms with Crippen LogP contribution in [0.25, 0.3) is 5.78 Å². The van der Waals surface area contributed by atoms with E-state index in [-0.39, 0.29) is 5.56 Å². The molecule has 0 aromatic carbocycles. The summed E-state index contributed by atoms with van der Waals surface area (Å²) in [6.07, 6.45) is 3.18. The van der Waals surface area contributed by atoms with Gasteiger partial charge >= 0.3 is 0 Å². The number of anilines is 1. The van der Waals surface area contributed by atoms with Crippen LogP contribution in [0.15, 0.2) is 35.5 Å². The second kappa shape index (κ2) is 6.60. The molecule has 1 aliphatic rings. The highest BCUT2D eigenvalue weighted by atomic mass is 16.1. The fourth-order valence-electron chi connectivity index (χ4n) is 3.13. The molecule has 9 nitrogen and oxygen atoms in total. The van der Waals surface area contributed by atoms with Gasteiger partial charge in [-0.2, -0.15) is 19.7 Å². The molecule has 1 aliphatic heterocycles. The number of rotatable bonds is 4. The molecule has 0 bridgehead atoms. The molecule has 1 saturated heterocycles. The van der Waals surface area contributed by atoms with Gasteiger partial charge in [0.25, 0.3) is 11.3 Å². The van der Waals surface area contributed by atoms with E-state index < -0.39 is 0 Å². The molecule has 0 spiro atoms. The summed E-state index contributed by atoms with van der Waals surface area (Å²) in [4.78, 5) is 24.9. The van der Waals surface area contributed by atoms with Crippen molar-refractivity contribution in [1.82, 2.24) is 34.3 Å². The molecule has 1 fully saturated rings. The molecule has 0 amide bonds. The summed E-state index contributed by atoms with van der Waals surface area (Å²) in [5.41, 5.74) is 0.884. The Kier molecular flexibility index (Phi) is 4.14. The van der Waals surface area contributed by atoms with Gasteiger partial charge in [-0.15, -0.1) is 0 Å². The summed E-state index contributed by atoms with van der Waals surface area (Å²) in [7, 11) is 0. The number of aromatic nitrogens is 6. The first-order valence-corrected chi connectivity index (χ1v) is 8.37. The predicted molar refractivity (Wildman–Crippen MR) is 92.7 cm³/mol. The molecule has 130 valence electrons. The fourth-order valence-corrected chi connectivity index (χ4v) is 3.13. The number of fused-ring (bicyclic) bond motifs is 1. The second-order valence-electron chi connectivity index (χ2n) is 6.14. The Morgan fingerprint density at radius 1 is 1.12 bits per heavy atom. The summed E-state index contributed by atoms with van der Waals surface area (Å²) in [5.74, 6) is 1.66. The lowest BCUT2D eigenvalue weighted by Crippen LogP contribution is -2.48. The van der Waals surface area contributed by atoms with Crippen molar-refractivity contribution >= 4 is 11.6 Å². The summed E-state index contributed by atoms with van der Waals surface area (Å²) >= 11 is 0. The van der Waals surface area contributed by atoms with Crippen LogP contribution in [0.2, 0.25) is 0 Å². The Morgan fingerprint density at radius 2 is 1.96 bits per heavy atom. The Hall–Kier alpha value is -2.81. The zero-order chi connectivity index (χ0) is 17.2. The average Bonchev–Trinajstić information content (AvgIpc) is 3.09. The minimum absolute atomic E-state index is 0.0537. The Morgan fingerprint density at radius 3 is 2.76 bits per heavy atom. The third-order valence-corrected chi connectivity index (χ3v) is 4.47. The van der Waals surface area contributed by atoms with Crippen molar-refractivity contribution in [3.8, 4) is 0 Å². The number of aryl methyl sites for hydroxylation is 1. The van der Waals surface area contributed by atoms with Gasteiger partial charge in [-0.25, -0.2) is 9.67 Å². The van der Waals surface area contributed by atoms with Crippen LogP contribution in [0.3, 0.4) is 0 Å². The van der Waals surface area contributed by atoms with Gasteiger partial charge < -0.3 is 4.90 Å². The van der Waals surface area contributed by atoms with Gasteiger partial charge in [-0.1, -0.05) is 0 Å². The van der Waals surface area contributed by atoms with E-state index in [1.165, 1.54) is 11.0 Å². The van der Waals surface area contributed by atoms with E-state index >= 15 is 0 Å². The molecule has 0 atom stereocenters. The lowest BCUT2D eigenvalue weighted by atomic mass is 10.3. The van der Waals surface area contributed by atoms with Gasteiger partial charge in [0.05, 0.1) is 6.54 Å². The van der Waals surface area contributed by atoms with Gasteiger partial charge in [-0.3, -0.25) is 9.69 Å². The van der Waals surface area contributed by atoms with Crippen LogP contribution in [-0.4, -0.2) is 67.0 Å². The van der Waals surface area contributed by atoms with Crippen molar-refractivity contribution in [2.24, 2.45) is 0 Å². The zero-order valence-electron chi connectivity index (χ0n) is 14.1. The highest BCUT2D eigenvalue weighted by Crippen LogP contribution is 2.17. The SMILES string of the molecule is Cc1cc(N2CCN(CCn3ncccc3=O)CC2)n2ncnc2n1. The quantitative estimate of drug-likeness (QED) is 0.651. The minimum atomic E-state index is -0.0537. The maximum atomic E-state index is 11.7. The summed E-state index contributed by atoms with van der Waals surface area (Å²) in [5, 5.41) is 8.39. The largest absolute Gasteiger partial charge is 0.354 e. The van der Waals surface area contributed by atoms with Gasteiger partial charge in [0, 0.05) is 56.7 Å². The van der Waals surface area contributed by atoms with E-state index in [1.54, 1.807) is 22.8 Å². The Labute approximate surface area is 144 Å². The minimum Gasteiger partial charge on any atom is -0.354 e. The normalized spacial score (nSPS) is 15.8. The molecule has 4 heterocycles. The molecule has 0 radical (unpaired) electrons. The van der Waals surface area contributed by atoms with Crippen LogP contribution in [0.5, 0.6) is 0 Å². The van der Waals surface area contributed by atoms with Crippen LogP contribution >= 0.6 is 0 Å². The molecule has 25 heavy (non-hydrogen) atoms. The molecule has 0 unspecified atom stereocenters. The Bertz CT molecular complexity index is 925. The first-order valence-electron chi connectivity index (χ1n) is 8.37. The van der Waals surface area contributed by atoms with E-state index in [4.69, 9.17) is 0 Å². The van der Waals surface area contributed by atoms with Crippen molar-refractivity contribution in [2.75, 3.05) is 37.6 Å². The van der Waals surface area contributed by atoms with Gasteiger partial charge in [0.2, 0.25) is 0 Å². The molecule has 9 heteroatoms. The molecule has 0 aliphatic carbocycles. The monoisotopic (exact) mass is 340 g/mol. The molecule has 0 N–H and O–H groups in total. The first-order chi connectivity index (χ1) is 12.2. The lowest BCUT2D eigenvalue weighted by molar-refractivity contribution is 0.242. The van der Waals surface area contributed by atoms with E-state index in [1.807, 2.05) is 13.0 Å². The average molecular weight is 340 g/mol. The van der Waals surface area contributed by atoms with Crippen molar-refractivity contribution < 1.29 is 0 Å². The first kappa shape index (κ1) is 15.7. The molecule has 3 aromatic heterocycles. The number of hydrogen-bond donors (Lipinski definition) is 0. The lowest BCUT2D eigenvalue weighted by Gasteiger charge is -2.35. The second-order valence-corrected chi connectivity index (χ2v) is 6.14. The maximum Gasteiger partial charge on any atom is 0.266 e. The fraction of sp³-hybridized carbons (Fsp3) is 0.438. The number of hydrogen-bond acceptors (Lipinski definition) is 7. The van der Waals surface area contributed by atoms with Gasteiger partial charge in [0.15, 0.2) is 0 Å². The summed E-state index contributed by atoms with van der Waals surface area (Å²) in [6.45, 7) is 7.06. The highest BCUT2D eigenvalue weighted by molar-refractivity contribution is 5.47. The number of piperazine rings is 1. The van der Waals surface area contributed by atoms with Crippen LogP contribution in [0.4, 0.5) is 5.82 Å². The molecule has 4 rings (SSSR count). The van der Waals surface area contributed by atoms with Gasteiger partial charge in [-0.05, 0) is 13.0 Å². The van der Waals surface area contributed by atoms with Crippen molar-refractivity contribution in [3.05, 3.63) is 46.8 Å². The van der Waals surface area contributed by atoms with E-state index in [2.05, 4.69) is 30.0 Å². The van der Waals surface area contributed by atoms with Crippen molar-refractivity contribution in [3.63, 3.8) is 0 Å². The van der Waals surface area contributed by atoms with Crippen molar-refractivity contribution in [2.45, 2.75) is 13.5 Å². The van der Waals surface area contributed by atoms with E-state index in [0.29, 0.717) is 12.3 Å². The molecule has 0 saturated carbocycles. The molecule has 3 aromatic rings. The van der Waals surface area contributed by atoms with Crippen LogP contribution in [0, 0.1) is 6.92 Å². The third kappa shape index (κ3) is 3.22. The predicted octanol–water partition coefficient (Wildman–Crippen LogP) is -0.188. The van der Waals surface area contributed by atoms with Crippen LogP contribution in [0.1, 0.15) is 5.69 Å². The standard InChI is InChI=1S/C16H20N8O/c1-13-11-14(24-16(20-13)17-12-19-24)22-8-5-21(6-9-22)7-10-23-15(25)3-2-4-18-23/h2-4,11-12H,5-10H2,1H3. The maximum absolute atomic E-state index is 11.7. The van der Waals surface area contributed by atoms with E-state index in [0.717, 1.165) is 44.2 Å². The Balaban J connectivity index is 1.40. The molecular weight excluding hydrogens is 320 g/mol. The van der Waals surface area contributed by atoms with E-state index in [9.17, 15) is 4.79 Å². The van der Waals surface area contributed by atoms with Crippen LogP contribution in [-0.2, 0) is 6.54 Å². The number of nitrogens with zero attached hydrogens (tertiary/aromatic N) is 8. The van der Waals surface area contributed by atoms with Crippen LogP contribution < -0.4 is 10.5 Å². The zero-order valence-corrected chi connectivity index (χ0v) is 14.1. The summed E-state index contributed by atoms with van der Waals surface area (Å²) in [6, 6.07) is 5.25. The topological polar surface area (TPSA) is 84.5 Å². The summed E-state index contributed by atoms with van der Waals surface area (Å²) < 4.78 is 3.30. The van der Waals surface area contributed by atoms with Crippen molar-refractivity contribution in [1.29, 1.82) is 0 Å². The molecular formula is C16H20N8O. The highest BCUT2D eigenvalue weighted by Gasteiger charge is 2.20. The smallest absolute Gasteiger partial charge is 0.266 e. The third-order valence-electron chi connectivity index (χ3n) is 4.47.